The van der Waals surface area contributed by atoms with Crippen LogP contribution < -0.4 is 14.2 Å². The second-order valence-corrected chi connectivity index (χ2v) is 8.87. The quantitative estimate of drug-likeness (QED) is 0.295. The average molecular weight is 529 g/mol. The van der Waals surface area contributed by atoms with Crippen LogP contribution in [0.25, 0.3) is 10.6 Å². The number of methoxy groups -OCH3 is 3. The fraction of sp³-hybridized carbons (Fsp3) is 0.370. The van der Waals surface area contributed by atoms with E-state index in [9.17, 15) is 9.59 Å². The molecule has 0 fully saturated rings. The lowest BCUT2D eigenvalue weighted by atomic mass is 10.1. The first-order chi connectivity index (χ1) is 17.9. The van der Waals surface area contributed by atoms with E-state index in [0.717, 1.165) is 16.9 Å². The van der Waals surface area contributed by atoms with Gasteiger partial charge in [-0.15, -0.1) is 11.3 Å². The van der Waals surface area contributed by atoms with Gasteiger partial charge in [0.05, 0.1) is 46.8 Å². The van der Waals surface area contributed by atoms with Crippen LogP contribution in [0, 0.1) is 0 Å². The molecule has 3 aromatic rings. The predicted octanol–water partition coefficient (Wildman–Crippen LogP) is 4.58. The van der Waals surface area contributed by atoms with Gasteiger partial charge in [0.15, 0.2) is 0 Å². The first-order valence-electron chi connectivity index (χ1n) is 11.8. The molecule has 0 unspecified atom stereocenters. The van der Waals surface area contributed by atoms with Gasteiger partial charge in [0.25, 0.3) is 0 Å². The molecule has 0 aliphatic heterocycles. The number of nitrogens with zero attached hydrogens (tertiary/aromatic N) is 2. The van der Waals surface area contributed by atoms with E-state index in [-0.39, 0.29) is 32.3 Å². The summed E-state index contributed by atoms with van der Waals surface area (Å²) < 4.78 is 26.6. The van der Waals surface area contributed by atoms with Gasteiger partial charge in [0.2, 0.25) is 0 Å². The van der Waals surface area contributed by atoms with Crippen molar-refractivity contribution >= 4 is 23.3 Å². The molecule has 198 valence electrons. The number of carbonyl (C=O) groups excluding carboxylic acids is 2. The molecule has 0 amide bonds. The van der Waals surface area contributed by atoms with Gasteiger partial charge >= 0.3 is 11.9 Å². The minimum atomic E-state index is -0.451. The van der Waals surface area contributed by atoms with E-state index in [2.05, 4.69) is 0 Å². The third-order valence-corrected chi connectivity index (χ3v) is 6.54. The SMILES string of the molecule is CCOC(=O)CN(Cc1ccc(OC)cc1OC)Cc1nc(-c2ccc(OC)cc2)sc1C(=O)OCC. The lowest BCUT2D eigenvalue weighted by Gasteiger charge is -2.22. The fourth-order valence-corrected chi connectivity index (χ4v) is 4.64. The number of thiazole rings is 1. The molecule has 0 radical (unpaired) electrons. The fourth-order valence-electron chi connectivity index (χ4n) is 3.66. The molecule has 1 heterocycles. The summed E-state index contributed by atoms with van der Waals surface area (Å²) in [6, 6.07) is 12.9. The highest BCUT2D eigenvalue weighted by molar-refractivity contribution is 7.17. The predicted molar refractivity (Wildman–Crippen MR) is 140 cm³/mol. The molecule has 0 atom stereocenters. The normalized spacial score (nSPS) is 10.8. The maximum Gasteiger partial charge on any atom is 0.350 e. The van der Waals surface area contributed by atoms with Gasteiger partial charge in [-0.05, 0) is 44.2 Å². The van der Waals surface area contributed by atoms with Crippen LogP contribution >= 0.6 is 11.3 Å². The van der Waals surface area contributed by atoms with Gasteiger partial charge in [-0.25, -0.2) is 9.78 Å². The van der Waals surface area contributed by atoms with Gasteiger partial charge in [-0.3, -0.25) is 9.69 Å². The second-order valence-electron chi connectivity index (χ2n) is 7.87. The van der Waals surface area contributed by atoms with Gasteiger partial charge in [-0.1, -0.05) is 6.07 Å². The molecular weight excluding hydrogens is 496 g/mol. The van der Waals surface area contributed by atoms with Crippen LogP contribution in [-0.4, -0.2) is 62.9 Å². The second kappa shape index (κ2) is 13.6. The summed E-state index contributed by atoms with van der Waals surface area (Å²) in [5.74, 6) is 1.17. The zero-order valence-corrected chi connectivity index (χ0v) is 22.6. The summed E-state index contributed by atoms with van der Waals surface area (Å²) in [5.41, 5.74) is 2.21. The van der Waals surface area contributed by atoms with Crippen LogP contribution in [0.4, 0.5) is 0 Å². The highest BCUT2D eigenvalue weighted by Crippen LogP contribution is 2.32. The Bertz CT molecular complexity index is 1190. The van der Waals surface area contributed by atoms with Gasteiger partial charge in [-0.2, -0.15) is 0 Å². The number of hydrogen-bond acceptors (Lipinski definition) is 10. The Morgan fingerprint density at radius 1 is 0.865 bits per heavy atom. The molecule has 0 aliphatic carbocycles. The molecular formula is C27H32N2O7S. The van der Waals surface area contributed by atoms with Crippen LogP contribution in [0.1, 0.15) is 34.8 Å². The zero-order chi connectivity index (χ0) is 26.8. The molecule has 0 spiro atoms. The van der Waals surface area contributed by atoms with Crippen LogP contribution in [0.15, 0.2) is 42.5 Å². The molecule has 0 aliphatic rings. The Morgan fingerprint density at radius 3 is 2.16 bits per heavy atom. The van der Waals surface area contributed by atoms with E-state index in [4.69, 9.17) is 28.7 Å². The van der Waals surface area contributed by atoms with Crippen molar-refractivity contribution in [2.45, 2.75) is 26.9 Å². The number of ether oxygens (including phenoxy) is 5. The summed E-state index contributed by atoms with van der Waals surface area (Å²) in [6.45, 7) is 4.59. The third kappa shape index (κ3) is 7.43. The van der Waals surface area contributed by atoms with E-state index in [1.165, 1.54) is 11.3 Å². The zero-order valence-electron chi connectivity index (χ0n) is 21.7. The lowest BCUT2D eigenvalue weighted by Crippen LogP contribution is -2.31. The first-order valence-corrected chi connectivity index (χ1v) is 12.6. The summed E-state index contributed by atoms with van der Waals surface area (Å²) in [4.78, 5) is 32.3. The number of aromatic nitrogens is 1. The van der Waals surface area contributed by atoms with Gasteiger partial charge in [0.1, 0.15) is 27.1 Å². The Morgan fingerprint density at radius 2 is 1.54 bits per heavy atom. The molecule has 0 saturated carbocycles. The number of rotatable bonds is 13. The first kappa shape index (κ1) is 27.9. The van der Waals surface area contributed by atoms with Gasteiger partial charge < -0.3 is 23.7 Å². The number of hydrogen-bond donors (Lipinski definition) is 0. The van der Waals surface area contributed by atoms with Crippen molar-refractivity contribution in [3.63, 3.8) is 0 Å². The molecule has 9 nitrogen and oxygen atoms in total. The molecule has 0 bridgehead atoms. The van der Waals surface area contributed by atoms with Crippen molar-refractivity contribution in [3.05, 3.63) is 58.6 Å². The minimum Gasteiger partial charge on any atom is -0.497 e. The maximum atomic E-state index is 12.8. The van der Waals surface area contributed by atoms with Crippen LogP contribution in [0.3, 0.4) is 0 Å². The van der Waals surface area contributed by atoms with Crippen LogP contribution in [0.5, 0.6) is 17.2 Å². The smallest absolute Gasteiger partial charge is 0.350 e. The molecule has 37 heavy (non-hydrogen) atoms. The highest BCUT2D eigenvalue weighted by Gasteiger charge is 2.24. The Hall–Kier alpha value is -3.63. The number of esters is 2. The monoisotopic (exact) mass is 528 g/mol. The number of carbonyl (C=O) groups is 2. The summed E-state index contributed by atoms with van der Waals surface area (Å²) >= 11 is 1.25. The minimum absolute atomic E-state index is 0.000679. The summed E-state index contributed by atoms with van der Waals surface area (Å²) in [7, 11) is 4.76. The Balaban J connectivity index is 1.97. The summed E-state index contributed by atoms with van der Waals surface area (Å²) in [5, 5.41) is 0.666. The highest BCUT2D eigenvalue weighted by atomic mass is 32.1. The molecule has 0 saturated heterocycles. The standard InChI is InChI=1S/C27H32N2O7S/c1-6-35-24(30)17-29(15-19-10-13-21(33-4)14-23(19)34-5)16-22-25(27(31)36-7-2)37-26(28-22)18-8-11-20(32-3)12-9-18/h8-14H,6-7,15-17H2,1-5H3. The Labute approximate surface area is 220 Å². The van der Waals surface area contributed by atoms with E-state index in [1.807, 2.05) is 41.3 Å². The van der Waals surface area contributed by atoms with Crippen molar-refractivity contribution in [1.82, 2.24) is 9.88 Å². The van der Waals surface area contributed by atoms with Crippen LogP contribution in [-0.2, 0) is 27.4 Å². The molecule has 1 aromatic heterocycles. The number of benzene rings is 2. The van der Waals surface area contributed by atoms with Crippen molar-refractivity contribution in [2.75, 3.05) is 41.1 Å². The molecule has 0 N–H and O–H groups in total. The van der Waals surface area contributed by atoms with E-state index >= 15 is 0 Å². The topological polar surface area (TPSA) is 96.4 Å². The van der Waals surface area contributed by atoms with Crippen molar-refractivity contribution in [1.29, 1.82) is 0 Å². The lowest BCUT2D eigenvalue weighted by molar-refractivity contribution is -0.144. The third-order valence-electron chi connectivity index (χ3n) is 5.41. The van der Waals surface area contributed by atoms with Gasteiger partial charge in [0, 0.05) is 30.3 Å². The molecule has 10 heteroatoms. The van der Waals surface area contributed by atoms with Crippen molar-refractivity contribution in [3.8, 4) is 27.8 Å². The van der Waals surface area contributed by atoms with Crippen molar-refractivity contribution < 1.29 is 33.3 Å². The summed E-state index contributed by atoms with van der Waals surface area (Å²) in [6.07, 6.45) is 0. The molecule has 2 aromatic carbocycles. The average Bonchev–Trinajstić information content (AvgIpc) is 3.33. The van der Waals surface area contributed by atoms with E-state index < -0.39 is 5.97 Å². The van der Waals surface area contributed by atoms with Crippen molar-refractivity contribution in [2.24, 2.45) is 0 Å². The molecule has 3 rings (SSSR count). The maximum absolute atomic E-state index is 12.8. The van der Waals surface area contributed by atoms with E-state index in [1.54, 1.807) is 41.2 Å². The largest absolute Gasteiger partial charge is 0.497 e. The van der Waals surface area contributed by atoms with Crippen LogP contribution in [0.2, 0.25) is 0 Å². The Kier molecular flexibility index (Phi) is 10.3. The van der Waals surface area contributed by atoms with E-state index in [0.29, 0.717) is 33.6 Å².